The molecule has 0 saturated carbocycles. The number of aromatic nitrogens is 3. The van der Waals surface area contributed by atoms with Crippen molar-refractivity contribution in [2.24, 2.45) is 0 Å². The smallest absolute Gasteiger partial charge is 0.228 e. The van der Waals surface area contributed by atoms with Crippen molar-refractivity contribution in [3.8, 4) is 6.07 Å². The number of pyridine rings is 1. The van der Waals surface area contributed by atoms with Gasteiger partial charge in [0.2, 0.25) is 11.9 Å². The topological polar surface area (TPSA) is 94.8 Å². The number of rotatable bonds is 3. The Hall–Kier alpha value is -3.01. The highest BCUT2D eigenvalue weighted by atomic mass is 16.2. The van der Waals surface area contributed by atoms with Crippen LogP contribution in [0.1, 0.15) is 18.4 Å². The average molecular weight is 280 g/mol. The van der Waals surface area contributed by atoms with Crippen molar-refractivity contribution < 1.29 is 4.79 Å². The monoisotopic (exact) mass is 280 g/mol. The molecule has 3 heterocycles. The Morgan fingerprint density at radius 3 is 2.76 bits per heavy atom. The molecule has 7 heteroatoms. The van der Waals surface area contributed by atoms with Crippen LogP contribution in [0.2, 0.25) is 0 Å². The Kier molecular flexibility index (Phi) is 3.43. The van der Waals surface area contributed by atoms with E-state index in [0.717, 1.165) is 6.42 Å². The molecule has 2 aromatic rings. The maximum atomic E-state index is 11.7. The molecule has 1 aliphatic heterocycles. The van der Waals surface area contributed by atoms with E-state index in [-0.39, 0.29) is 5.91 Å². The zero-order chi connectivity index (χ0) is 14.7. The highest BCUT2D eigenvalue weighted by molar-refractivity contribution is 5.94. The van der Waals surface area contributed by atoms with Crippen molar-refractivity contribution in [1.82, 2.24) is 15.0 Å². The number of nitrogens with one attached hydrogen (secondary N) is 1. The highest BCUT2D eigenvalue weighted by Crippen LogP contribution is 2.21. The van der Waals surface area contributed by atoms with Crippen LogP contribution >= 0.6 is 0 Å². The van der Waals surface area contributed by atoms with E-state index in [1.807, 2.05) is 12.1 Å². The van der Waals surface area contributed by atoms with Gasteiger partial charge in [0, 0.05) is 13.0 Å². The van der Waals surface area contributed by atoms with Gasteiger partial charge < -0.3 is 5.32 Å². The van der Waals surface area contributed by atoms with Crippen LogP contribution in [-0.4, -0.2) is 27.4 Å². The minimum atomic E-state index is 0.0919. The van der Waals surface area contributed by atoms with Crippen LogP contribution in [0, 0.1) is 11.3 Å². The molecule has 104 valence electrons. The number of hydrogen-bond donors (Lipinski definition) is 1. The van der Waals surface area contributed by atoms with Crippen LogP contribution < -0.4 is 10.2 Å². The van der Waals surface area contributed by atoms with Gasteiger partial charge in [-0.3, -0.25) is 9.69 Å². The Bertz CT molecular complexity index is 706. The molecule has 0 bridgehead atoms. The number of hydrogen-bond acceptors (Lipinski definition) is 6. The molecule has 1 N–H and O–H groups in total. The van der Waals surface area contributed by atoms with Crippen molar-refractivity contribution in [1.29, 1.82) is 5.26 Å². The van der Waals surface area contributed by atoms with Gasteiger partial charge in [-0.25, -0.2) is 15.0 Å². The van der Waals surface area contributed by atoms with Gasteiger partial charge >= 0.3 is 0 Å². The lowest BCUT2D eigenvalue weighted by molar-refractivity contribution is -0.117. The third kappa shape index (κ3) is 2.79. The molecule has 2 aromatic heterocycles. The van der Waals surface area contributed by atoms with Gasteiger partial charge in [0.05, 0.1) is 18.0 Å². The number of anilines is 3. The molecular formula is C14H12N6O. The fourth-order valence-corrected chi connectivity index (χ4v) is 2.10. The zero-order valence-corrected chi connectivity index (χ0v) is 11.2. The molecular weight excluding hydrogens is 268 g/mol. The molecule has 1 amide bonds. The lowest BCUT2D eigenvalue weighted by atomic mass is 10.4. The minimum absolute atomic E-state index is 0.0919. The summed E-state index contributed by atoms with van der Waals surface area (Å²) in [5.41, 5.74) is 0.393. The summed E-state index contributed by atoms with van der Waals surface area (Å²) in [7, 11) is 0. The summed E-state index contributed by atoms with van der Waals surface area (Å²) in [5.74, 6) is 1.62. The van der Waals surface area contributed by atoms with E-state index >= 15 is 0 Å². The minimum Gasteiger partial charge on any atom is -0.309 e. The first-order valence-electron chi connectivity index (χ1n) is 6.53. The van der Waals surface area contributed by atoms with Crippen LogP contribution in [0.3, 0.4) is 0 Å². The van der Waals surface area contributed by atoms with E-state index < -0.39 is 0 Å². The van der Waals surface area contributed by atoms with Gasteiger partial charge in [-0.05, 0) is 18.6 Å². The van der Waals surface area contributed by atoms with E-state index in [0.29, 0.717) is 36.1 Å². The molecule has 1 aliphatic rings. The summed E-state index contributed by atoms with van der Waals surface area (Å²) in [4.78, 5) is 25.8. The molecule has 0 atom stereocenters. The summed E-state index contributed by atoms with van der Waals surface area (Å²) < 4.78 is 0. The number of amides is 1. The second-order valence-electron chi connectivity index (χ2n) is 4.56. The molecule has 0 unspecified atom stereocenters. The standard InChI is InChI=1S/C14H12N6O/c15-7-10-8-16-14(17-9-10)19-11-3-1-4-12(18-11)20-6-2-5-13(20)21/h1,3-4,8-9H,2,5-6H2,(H,16,17,18,19). The lowest BCUT2D eigenvalue weighted by Crippen LogP contribution is -2.24. The van der Waals surface area contributed by atoms with Crippen molar-refractivity contribution in [2.75, 3.05) is 16.8 Å². The third-order valence-electron chi connectivity index (χ3n) is 3.11. The van der Waals surface area contributed by atoms with Crippen LogP contribution in [0.15, 0.2) is 30.6 Å². The SMILES string of the molecule is N#Cc1cnc(Nc2cccc(N3CCCC3=O)n2)nc1. The molecule has 0 aromatic carbocycles. The highest BCUT2D eigenvalue weighted by Gasteiger charge is 2.22. The number of nitrogens with zero attached hydrogens (tertiary/aromatic N) is 5. The van der Waals surface area contributed by atoms with Crippen LogP contribution in [0.4, 0.5) is 17.6 Å². The molecule has 3 rings (SSSR count). The number of carbonyl (C=O) groups is 1. The van der Waals surface area contributed by atoms with Crippen LogP contribution in [0.25, 0.3) is 0 Å². The second-order valence-corrected chi connectivity index (χ2v) is 4.56. The molecule has 0 spiro atoms. The third-order valence-corrected chi connectivity index (χ3v) is 3.11. The molecule has 1 fully saturated rings. The largest absolute Gasteiger partial charge is 0.309 e. The maximum absolute atomic E-state index is 11.7. The predicted molar refractivity (Wildman–Crippen MR) is 75.9 cm³/mol. The first-order chi connectivity index (χ1) is 10.3. The quantitative estimate of drug-likeness (QED) is 0.917. The molecule has 1 saturated heterocycles. The van der Waals surface area contributed by atoms with Gasteiger partial charge in [-0.2, -0.15) is 5.26 Å². The van der Waals surface area contributed by atoms with Gasteiger partial charge in [-0.15, -0.1) is 0 Å². The van der Waals surface area contributed by atoms with E-state index in [4.69, 9.17) is 5.26 Å². The van der Waals surface area contributed by atoms with Crippen molar-refractivity contribution in [2.45, 2.75) is 12.8 Å². The van der Waals surface area contributed by atoms with Crippen molar-refractivity contribution in [3.63, 3.8) is 0 Å². The van der Waals surface area contributed by atoms with E-state index in [2.05, 4.69) is 20.3 Å². The fourth-order valence-electron chi connectivity index (χ4n) is 2.10. The number of nitriles is 1. The van der Waals surface area contributed by atoms with Crippen molar-refractivity contribution >= 4 is 23.5 Å². The van der Waals surface area contributed by atoms with E-state index in [9.17, 15) is 4.79 Å². The van der Waals surface area contributed by atoms with Gasteiger partial charge in [0.25, 0.3) is 0 Å². The first-order valence-corrected chi connectivity index (χ1v) is 6.53. The van der Waals surface area contributed by atoms with Crippen molar-refractivity contribution in [3.05, 3.63) is 36.2 Å². The Morgan fingerprint density at radius 1 is 1.29 bits per heavy atom. The molecule has 21 heavy (non-hydrogen) atoms. The summed E-state index contributed by atoms with van der Waals surface area (Å²) >= 11 is 0. The normalized spacial score (nSPS) is 14.0. The van der Waals surface area contributed by atoms with Gasteiger partial charge in [0.15, 0.2) is 0 Å². The van der Waals surface area contributed by atoms with E-state index in [1.54, 1.807) is 17.0 Å². The molecule has 0 aliphatic carbocycles. The Labute approximate surface area is 121 Å². The molecule has 0 radical (unpaired) electrons. The summed E-state index contributed by atoms with van der Waals surface area (Å²) in [5, 5.41) is 11.7. The summed E-state index contributed by atoms with van der Waals surface area (Å²) in [6.07, 6.45) is 4.29. The fraction of sp³-hybridized carbons (Fsp3) is 0.214. The van der Waals surface area contributed by atoms with Crippen LogP contribution in [-0.2, 0) is 4.79 Å². The van der Waals surface area contributed by atoms with E-state index in [1.165, 1.54) is 12.4 Å². The second kappa shape index (κ2) is 5.54. The van der Waals surface area contributed by atoms with Gasteiger partial charge in [-0.1, -0.05) is 6.07 Å². The Balaban J connectivity index is 1.79. The van der Waals surface area contributed by atoms with Crippen LogP contribution in [0.5, 0.6) is 0 Å². The summed E-state index contributed by atoms with van der Waals surface area (Å²) in [6, 6.07) is 7.34. The molecule has 7 nitrogen and oxygen atoms in total. The zero-order valence-electron chi connectivity index (χ0n) is 11.2. The Morgan fingerprint density at radius 2 is 2.10 bits per heavy atom. The maximum Gasteiger partial charge on any atom is 0.228 e. The first kappa shape index (κ1) is 13.0. The average Bonchev–Trinajstić information content (AvgIpc) is 2.94. The lowest BCUT2D eigenvalue weighted by Gasteiger charge is -2.15. The van der Waals surface area contributed by atoms with Gasteiger partial charge in [0.1, 0.15) is 17.7 Å². The predicted octanol–water partition coefficient (Wildman–Crippen LogP) is 1.61. The summed E-state index contributed by atoms with van der Waals surface area (Å²) in [6.45, 7) is 0.697. The number of carbonyl (C=O) groups excluding carboxylic acids is 1.